The first-order valence-corrected chi connectivity index (χ1v) is 4.13. The van der Waals surface area contributed by atoms with Crippen LogP contribution in [0.4, 0.5) is 13.2 Å². The number of carboxylic acid groups (broad SMARTS) is 1. The molecule has 0 aliphatic rings. The fourth-order valence-corrected chi connectivity index (χ4v) is 0.885. The van der Waals surface area contributed by atoms with E-state index in [9.17, 15) is 18.0 Å². The van der Waals surface area contributed by atoms with Gasteiger partial charge in [0.25, 0.3) is 0 Å². The average molecular weight is 229 g/mol. The van der Waals surface area contributed by atoms with Crippen LogP contribution in [-0.2, 0) is 11.0 Å². The second-order valence-electron chi connectivity index (χ2n) is 2.80. The molecule has 16 heavy (non-hydrogen) atoms. The first kappa shape index (κ1) is 12.0. The van der Waals surface area contributed by atoms with Crippen LogP contribution in [0.2, 0.25) is 0 Å². The fraction of sp³-hybridized carbons (Fsp3) is 0.200. The summed E-state index contributed by atoms with van der Waals surface area (Å²) in [7, 11) is 0. The maximum absolute atomic E-state index is 12.2. The van der Waals surface area contributed by atoms with E-state index in [0.29, 0.717) is 0 Å². The lowest BCUT2D eigenvalue weighted by Gasteiger charge is -2.04. The molecular formula is C10H6F3NO2. The van der Waals surface area contributed by atoms with Gasteiger partial charge in [-0.05, 0) is 12.1 Å². The van der Waals surface area contributed by atoms with Crippen molar-refractivity contribution in [2.45, 2.75) is 12.6 Å². The smallest absolute Gasteiger partial charge is 0.433 e. The molecule has 1 N–H and O–H groups in total. The third kappa shape index (κ3) is 3.61. The fourth-order valence-electron chi connectivity index (χ4n) is 0.885. The zero-order valence-corrected chi connectivity index (χ0v) is 7.88. The zero-order valence-electron chi connectivity index (χ0n) is 7.88. The van der Waals surface area contributed by atoms with Crippen LogP contribution in [0.5, 0.6) is 0 Å². The molecule has 0 fully saturated rings. The predicted molar refractivity (Wildman–Crippen MR) is 48.4 cm³/mol. The molecule has 0 atom stereocenters. The lowest BCUT2D eigenvalue weighted by molar-refractivity contribution is -0.141. The van der Waals surface area contributed by atoms with Crippen molar-refractivity contribution in [3.63, 3.8) is 0 Å². The summed E-state index contributed by atoms with van der Waals surface area (Å²) in [6.45, 7) is 0. The summed E-state index contributed by atoms with van der Waals surface area (Å²) in [4.78, 5) is 13.3. The van der Waals surface area contributed by atoms with Gasteiger partial charge >= 0.3 is 12.1 Å². The topological polar surface area (TPSA) is 50.2 Å². The van der Waals surface area contributed by atoms with Crippen molar-refractivity contribution in [1.82, 2.24) is 4.98 Å². The van der Waals surface area contributed by atoms with Gasteiger partial charge in [-0.2, -0.15) is 13.2 Å². The molecule has 0 radical (unpaired) electrons. The Hall–Kier alpha value is -2.03. The Bertz CT molecular complexity index is 457. The number of alkyl halides is 3. The molecule has 0 unspecified atom stereocenters. The molecule has 0 saturated carbocycles. The van der Waals surface area contributed by atoms with E-state index in [1.807, 2.05) is 0 Å². The summed E-state index contributed by atoms with van der Waals surface area (Å²) >= 11 is 0. The first-order chi connectivity index (χ1) is 7.39. The third-order valence-corrected chi connectivity index (χ3v) is 1.52. The molecule has 3 nitrogen and oxygen atoms in total. The number of carbonyl (C=O) groups is 1. The number of aromatic nitrogens is 1. The van der Waals surface area contributed by atoms with Gasteiger partial charge in [-0.1, -0.05) is 11.8 Å². The molecule has 0 amide bonds. The summed E-state index contributed by atoms with van der Waals surface area (Å²) in [6.07, 6.45) is -3.96. The van der Waals surface area contributed by atoms with Gasteiger partial charge in [0.2, 0.25) is 0 Å². The van der Waals surface area contributed by atoms with Crippen molar-refractivity contribution in [3.05, 3.63) is 29.6 Å². The summed E-state index contributed by atoms with van der Waals surface area (Å²) in [5.41, 5.74) is -0.960. The molecular weight excluding hydrogens is 223 g/mol. The van der Waals surface area contributed by atoms with Crippen LogP contribution < -0.4 is 0 Å². The van der Waals surface area contributed by atoms with Crippen molar-refractivity contribution in [2.75, 3.05) is 0 Å². The van der Waals surface area contributed by atoms with Gasteiger partial charge in [-0.3, -0.25) is 9.78 Å². The Morgan fingerprint density at radius 3 is 2.75 bits per heavy atom. The highest BCUT2D eigenvalue weighted by molar-refractivity contribution is 5.70. The van der Waals surface area contributed by atoms with Crippen LogP contribution in [0.3, 0.4) is 0 Å². The summed E-state index contributed by atoms with van der Waals surface area (Å²) in [5, 5.41) is 8.28. The molecule has 0 aliphatic heterocycles. The van der Waals surface area contributed by atoms with Gasteiger partial charge in [0.1, 0.15) is 12.1 Å². The molecule has 0 aliphatic carbocycles. The largest absolute Gasteiger partial charge is 0.481 e. The van der Waals surface area contributed by atoms with Crippen molar-refractivity contribution in [2.24, 2.45) is 0 Å². The van der Waals surface area contributed by atoms with E-state index < -0.39 is 24.3 Å². The first-order valence-electron chi connectivity index (χ1n) is 4.13. The highest BCUT2D eigenvalue weighted by Crippen LogP contribution is 2.27. The van der Waals surface area contributed by atoms with E-state index in [2.05, 4.69) is 16.8 Å². The Balaban J connectivity index is 2.90. The Morgan fingerprint density at radius 2 is 2.19 bits per heavy atom. The van der Waals surface area contributed by atoms with Crippen LogP contribution in [-0.4, -0.2) is 16.1 Å². The Labute approximate surface area is 88.9 Å². The van der Waals surface area contributed by atoms with Gasteiger partial charge in [0.05, 0.1) is 0 Å². The maximum Gasteiger partial charge on any atom is 0.433 e. The van der Waals surface area contributed by atoms with Gasteiger partial charge < -0.3 is 5.11 Å². The molecule has 0 aromatic carbocycles. The molecule has 84 valence electrons. The van der Waals surface area contributed by atoms with Crippen LogP contribution >= 0.6 is 0 Å². The minimum absolute atomic E-state index is 0.0866. The monoisotopic (exact) mass is 229 g/mol. The molecule has 0 bridgehead atoms. The number of hydrogen-bond acceptors (Lipinski definition) is 2. The van der Waals surface area contributed by atoms with Crippen LogP contribution in [0, 0.1) is 11.8 Å². The predicted octanol–water partition coefficient (Wildman–Crippen LogP) is 1.93. The normalized spacial score (nSPS) is 10.4. The van der Waals surface area contributed by atoms with E-state index >= 15 is 0 Å². The number of hydrogen-bond donors (Lipinski definition) is 1. The number of aliphatic carboxylic acids is 1. The molecule has 1 rings (SSSR count). The average Bonchev–Trinajstić information content (AvgIpc) is 2.16. The second kappa shape index (κ2) is 4.66. The van der Waals surface area contributed by atoms with Crippen LogP contribution in [0.15, 0.2) is 18.3 Å². The molecule has 1 aromatic heterocycles. The number of rotatable bonds is 1. The van der Waals surface area contributed by atoms with E-state index in [1.54, 1.807) is 0 Å². The van der Waals surface area contributed by atoms with E-state index in [-0.39, 0.29) is 5.56 Å². The number of halogens is 3. The number of pyridine rings is 1. The SMILES string of the molecule is O=C(O)CC#Cc1ccnc(C(F)(F)F)c1. The van der Waals surface area contributed by atoms with E-state index in [0.717, 1.165) is 12.3 Å². The van der Waals surface area contributed by atoms with Gasteiger partial charge in [-0.25, -0.2) is 0 Å². The molecule has 1 heterocycles. The minimum atomic E-state index is -4.52. The summed E-state index contributed by atoms with van der Waals surface area (Å²) < 4.78 is 36.6. The van der Waals surface area contributed by atoms with Crippen molar-refractivity contribution < 1.29 is 23.1 Å². The molecule has 1 aromatic rings. The lowest BCUT2D eigenvalue weighted by atomic mass is 10.2. The molecule has 6 heteroatoms. The number of carboxylic acids is 1. The van der Waals surface area contributed by atoms with Gasteiger partial charge in [0, 0.05) is 11.8 Å². The summed E-state index contributed by atoms with van der Waals surface area (Å²) in [6, 6.07) is 2.05. The van der Waals surface area contributed by atoms with Crippen LogP contribution in [0.25, 0.3) is 0 Å². The Morgan fingerprint density at radius 1 is 1.50 bits per heavy atom. The van der Waals surface area contributed by atoms with Gasteiger partial charge in [0.15, 0.2) is 0 Å². The van der Waals surface area contributed by atoms with Crippen molar-refractivity contribution >= 4 is 5.97 Å². The van der Waals surface area contributed by atoms with Gasteiger partial charge in [-0.15, -0.1) is 0 Å². The summed E-state index contributed by atoms with van der Waals surface area (Å²) in [5.74, 6) is 3.43. The maximum atomic E-state index is 12.2. The van der Waals surface area contributed by atoms with E-state index in [4.69, 9.17) is 5.11 Å². The highest BCUT2D eigenvalue weighted by atomic mass is 19.4. The number of nitrogens with zero attached hydrogens (tertiary/aromatic N) is 1. The minimum Gasteiger partial charge on any atom is -0.481 e. The lowest BCUT2D eigenvalue weighted by Crippen LogP contribution is -2.07. The highest BCUT2D eigenvalue weighted by Gasteiger charge is 2.32. The third-order valence-electron chi connectivity index (χ3n) is 1.52. The van der Waals surface area contributed by atoms with Crippen molar-refractivity contribution in [1.29, 1.82) is 0 Å². The van der Waals surface area contributed by atoms with Crippen molar-refractivity contribution in [3.8, 4) is 11.8 Å². The van der Waals surface area contributed by atoms with E-state index in [1.165, 1.54) is 6.07 Å². The molecule has 0 spiro atoms. The quantitative estimate of drug-likeness (QED) is 0.748. The zero-order chi connectivity index (χ0) is 12.2. The van der Waals surface area contributed by atoms with Crippen LogP contribution in [0.1, 0.15) is 17.7 Å². The second-order valence-corrected chi connectivity index (χ2v) is 2.80. The standard InChI is InChI=1S/C10H6F3NO2/c11-10(12,13)8-6-7(4-5-14-8)2-1-3-9(15)16/h4-6H,3H2,(H,15,16). The Kier molecular flexibility index (Phi) is 3.51. The molecule has 0 saturated heterocycles.